The second-order valence-corrected chi connectivity index (χ2v) is 3.91. The van der Waals surface area contributed by atoms with Gasteiger partial charge in [-0.3, -0.25) is 4.79 Å². The van der Waals surface area contributed by atoms with E-state index in [0.29, 0.717) is 13.1 Å². The summed E-state index contributed by atoms with van der Waals surface area (Å²) < 4.78 is 10.4. The normalized spacial score (nSPS) is 24.6. The molecule has 1 fully saturated rings. The first-order valence-corrected chi connectivity index (χ1v) is 5.44. The van der Waals surface area contributed by atoms with Gasteiger partial charge in [0.25, 0.3) is 0 Å². The van der Waals surface area contributed by atoms with Crippen LogP contribution in [0.1, 0.15) is 18.4 Å². The number of nitrogens with one attached hydrogen (secondary N) is 1. The molecule has 1 aliphatic rings. The predicted octanol–water partition coefficient (Wildman–Crippen LogP) is 0.402. The number of rotatable bonds is 4. The molecule has 3 N–H and O–H groups in total. The molecule has 2 rings (SSSR count). The third kappa shape index (κ3) is 2.62. The van der Waals surface area contributed by atoms with E-state index >= 15 is 0 Å². The molecule has 0 saturated carbocycles. The molecular formula is C11H16N2O3. The number of hydrogen-bond acceptors (Lipinski definition) is 4. The highest BCUT2D eigenvalue weighted by Crippen LogP contribution is 2.18. The fourth-order valence-corrected chi connectivity index (χ4v) is 1.77. The maximum atomic E-state index is 11.7. The summed E-state index contributed by atoms with van der Waals surface area (Å²) in [7, 11) is 0. The molecule has 2 atom stereocenters. The van der Waals surface area contributed by atoms with Gasteiger partial charge in [-0.2, -0.15) is 0 Å². The average molecular weight is 224 g/mol. The molecular weight excluding hydrogens is 208 g/mol. The highest BCUT2D eigenvalue weighted by molar-refractivity contribution is 5.80. The van der Waals surface area contributed by atoms with E-state index in [1.54, 1.807) is 12.5 Å². The summed E-state index contributed by atoms with van der Waals surface area (Å²) in [6.45, 7) is 0.952. The predicted molar refractivity (Wildman–Crippen MR) is 57.5 cm³/mol. The van der Waals surface area contributed by atoms with Gasteiger partial charge >= 0.3 is 0 Å². The van der Waals surface area contributed by atoms with Crippen molar-refractivity contribution in [3.63, 3.8) is 0 Å². The molecule has 0 bridgehead atoms. The van der Waals surface area contributed by atoms with Crippen molar-refractivity contribution >= 4 is 5.91 Å². The first-order chi connectivity index (χ1) is 7.79. The molecule has 1 aromatic heterocycles. The molecule has 1 saturated heterocycles. The van der Waals surface area contributed by atoms with Gasteiger partial charge < -0.3 is 20.2 Å². The summed E-state index contributed by atoms with van der Waals surface area (Å²) in [4.78, 5) is 11.7. The van der Waals surface area contributed by atoms with E-state index in [0.717, 1.165) is 18.4 Å². The Kier molecular flexibility index (Phi) is 3.58. The molecule has 16 heavy (non-hydrogen) atoms. The number of carbonyl (C=O) groups is 1. The fraction of sp³-hybridized carbons (Fsp3) is 0.545. The molecule has 1 aromatic rings. The van der Waals surface area contributed by atoms with Crippen LogP contribution in [-0.2, 0) is 16.1 Å². The van der Waals surface area contributed by atoms with Gasteiger partial charge in [0.05, 0.1) is 18.6 Å². The highest BCUT2D eigenvalue weighted by atomic mass is 16.5. The SMILES string of the molecule is NCC1CCC(C(=O)NCc2ccoc2)O1. The van der Waals surface area contributed by atoms with E-state index in [1.807, 2.05) is 6.07 Å². The van der Waals surface area contributed by atoms with Gasteiger partial charge in [0.2, 0.25) is 5.91 Å². The van der Waals surface area contributed by atoms with Crippen LogP contribution in [0.3, 0.4) is 0 Å². The molecule has 0 aliphatic carbocycles. The van der Waals surface area contributed by atoms with Crippen LogP contribution in [0.15, 0.2) is 23.0 Å². The zero-order valence-corrected chi connectivity index (χ0v) is 9.02. The van der Waals surface area contributed by atoms with Crippen LogP contribution in [-0.4, -0.2) is 24.7 Å². The number of carbonyl (C=O) groups excluding carboxylic acids is 1. The quantitative estimate of drug-likeness (QED) is 0.776. The van der Waals surface area contributed by atoms with Crippen molar-refractivity contribution in [1.29, 1.82) is 0 Å². The number of nitrogens with two attached hydrogens (primary N) is 1. The standard InChI is InChI=1S/C11H16N2O3/c12-5-9-1-2-10(16-9)11(14)13-6-8-3-4-15-7-8/h3-4,7,9-10H,1-2,5-6,12H2,(H,13,14). The maximum absolute atomic E-state index is 11.7. The Morgan fingerprint density at radius 2 is 2.44 bits per heavy atom. The lowest BCUT2D eigenvalue weighted by molar-refractivity contribution is -0.132. The van der Waals surface area contributed by atoms with Gasteiger partial charge in [-0.15, -0.1) is 0 Å². The van der Waals surface area contributed by atoms with Gasteiger partial charge in [-0.05, 0) is 18.9 Å². The Labute approximate surface area is 93.9 Å². The topological polar surface area (TPSA) is 77.5 Å². The molecule has 1 aliphatic heterocycles. The average Bonchev–Trinajstić information content (AvgIpc) is 2.96. The first kappa shape index (κ1) is 11.2. The third-order valence-corrected chi connectivity index (χ3v) is 2.71. The Balaban J connectivity index is 1.76. The minimum absolute atomic E-state index is 0.0321. The molecule has 0 radical (unpaired) electrons. The molecule has 0 aromatic carbocycles. The van der Waals surface area contributed by atoms with E-state index in [1.165, 1.54) is 0 Å². The highest BCUT2D eigenvalue weighted by Gasteiger charge is 2.29. The zero-order chi connectivity index (χ0) is 11.4. The monoisotopic (exact) mass is 224 g/mol. The fourth-order valence-electron chi connectivity index (χ4n) is 1.77. The van der Waals surface area contributed by atoms with Gasteiger partial charge in [0.15, 0.2) is 0 Å². The zero-order valence-electron chi connectivity index (χ0n) is 9.02. The minimum atomic E-state index is -0.347. The Hall–Kier alpha value is -1.33. The van der Waals surface area contributed by atoms with Gasteiger partial charge in [-0.25, -0.2) is 0 Å². The van der Waals surface area contributed by atoms with E-state index in [-0.39, 0.29) is 18.1 Å². The van der Waals surface area contributed by atoms with E-state index < -0.39 is 0 Å². The van der Waals surface area contributed by atoms with Crippen molar-refractivity contribution in [1.82, 2.24) is 5.32 Å². The Morgan fingerprint density at radius 1 is 1.56 bits per heavy atom. The van der Waals surface area contributed by atoms with Crippen LogP contribution in [0, 0.1) is 0 Å². The van der Waals surface area contributed by atoms with Crippen LogP contribution >= 0.6 is 0 Å². The summed E-state index contributed by atoms with van der Waals surface area (Å²) >= 11 is 0. The Bertz CT molecular complexity index is 337. The summed E-state index contributed by atoms with van der Waals surface area (Å²) in [5.41, 5.74) is 6.42. The second-order valence-electron chi connectivity index (χ2n) is 3.91. The van der Waals surface area contributed by atoms with Crippen molar-refractivity contribution in [2.45, 2.75) is 31.6 Å². The lowest BCUT2D eigenvalue weighted by Crippen LogP contribution is -2.35. The van der Waals surface area contributed by atoms with Crippen molar-refractivity contribution in [2.24, 2.45) is 5.73 Å². The molecule has 1 amide bonds. The number of hydrogen-bond donors (Lipinski definition) is 2. The van der Waals surface area contributed by atoms with Crippen LogP contribution < -0.4 is 11.1 Å². The van der Waals surface area contributed by atoms with Crippen molar-refractivity contribution in [3.8, 4) is 0 Å². The van der Waals surface area contributed by atoms with Gasteiger partial charge in [0.1, 0.15) is 6.10 Å². The molecule has 2 heterocycles. The van der Waals surface area contributed by atoms with Crippen molar-refractivity contribution in [2.75, 3.05) is 6.54 Å². The number of amides is 1. The van der Waals surface area contributed by atoms with E-state index in [9.17, 15) is 4.79 Å². The molecule has 2 unspecified atom stereocenters. The van der Waals surface area contributed by atoms with Crippen LogP contribution in [0.4, 0.5) is 0 Å². The smallest absolute Gasteiger partial charge is 0.249 e. The number of furan rings is 1. The number of ether oxygens (including phenoxy) is 1. The first-order valence-electron chi connectivity index (χ1n) is 5.44. The van der Waals surface area contributed by atoms with Crippen molar-refractivity contribution < 1.29 is 13.9 Å². The van der Waals surface area contributed by atoms with Gasteiger partial charge in [0, 0.05) is 18.7 Å². The van der Waals surface area contributed by atoms with E-state index in [2.05, 4.69) is 5.32 Å². The summed E-state index contributed by atoms with van der Waals surface area (Å²) in [5.74, 6) is -0.0721. The van der Waals surface area contributed by atoms with Crippen LogP contribution in [0.25, 0.3) is 0 Å². The summed E-state index contributed by atoms with van der Waals surface area (Å²) in [6.07, 6.45) is 4.49. The molecule has 88 valence electrons. The van der Waals surface area contributed by atoms with Crippen molar-refractivity contribution in [3.05, 3.63) is 24.2 Å². The molecule has 5 nitrogen and oxygen atoms in total. The van der Waals surface area contributed by atoms with Crippen LogP contribution in [0.2, 0.25) is 0 Å². The second kappa shape index (κ2) is 5.14. The van der Waals surface area contributed by atoms with Gasteiger partial charge in [-0.1, -0.05) is 0 Å². The minimum Gasteiger partial charge on any atom is -0.472 e. The largest absolute Gasteiger partial charge is 0.472 e. The Morgan fingerprint density at radius 3 is 3.06 bits per heavy atom. The summed E-state index contributed by atoms with van der Waals surface area (Å²) in [5, 5.41) is 2.81. The molecule has 5 heteroatoms. The maximum Gasteiger partial charge on any atom is 0.249 e. The lowest BCUT2D eigenvalue weighted by atomic mass is 10.2. The molecule has 0 spiro atoms. The van der Waals surface area contributed by atoms with E-state index in [4.69, 9.17) is 14.9 Å². The lowest BCUT2D eigenvalue weighted by Gasteiger charge is -2.11. The van der Waals surface area contributed by atoms with Crippen LogP contribution in [0.5, 0.6) is 0 Å². The third-order valence-electron chi connectivity index (χ3n) is 2.71. The summed E-state index contributed by atoms with van der Waals surface area (Å²) in [6, 6.07) is 1.82.